The van der Waals surface area contributed by atoms with Gasteiger partial charge in [-0.25, -0.2) is 9.78 Å². The normalized spacial score (nSPS) is 11.3. The number of carbonyl (C=O) groups is 2. The van der Waals surface area contributed by atoms with Crippen molar-refractivity contribution in [2.75, 3.05) is 6.61 Å². The molecule has 0 unspecified atom stereocenters. The van der Waals surface area contributed by atoms with E-state index in [-0.39, 0.29) is 5.56 Å². The summed E-state index contributed by atoms with van der Waals surface area (Å²) < 4.78 is 4.82. The van der Waals surface area contributed by atoms with Gasteiger partial charge in [-0.3, -0.25) is 14.9 Å². The molecule has 1 aromatic heterocycles. The Hall–Kier alpha value is -3.12. The van der Waals surface area contributed by atoms with Crippen molar-refractivity contribution in [1.29, 1.82) is 5.26 Å². The van der Waals surface area contributed by atoms with Crippen molar-refractivity contribution in [1.82, 2.24) is 4.98 Å². The summed E-state index contributed by atoms with van der Waals surface area (Å²) in [6.45, 7) is 1.06. The Morgan fingerprint density at radius 1 is 1.46 bits per heavy atom. The van der Waals surface area contributed by atoms with Crippen LogP contribution in [0.3, 0.4) is 0 Å². The molecule has 0 fully saturated rings. The Balaban J connectivity index is 2.07. The molecule has 0 bridgehead atoms. The topological polar surface area (TPSA) is 123 Å². The minimum Gasteiger partial charge on any atom is -0.454 e. The summed E-state index contributed by atoms with van der Waals surface area (Å²) >= 11 is 1.16. The Morgan fingerprint density at radius 3 is 2.75 bits per heavy atom. The number of benzene rings is 1. The Kier molecular flexibility index (Phi) is 5.34. The number of Topliss-reactive ketones (excluding diaryl/α,β-unsaturated/α-hetero) is 1. The second-order valence-electron chi connectivity index (χ2n) is 4.71. The summed E-state index contributed by atoms with van der Waals surface area (Å²) in [7, 11) is 0. The molecule has 2 aromatic rings. The van der Waals surface area contributed by atoms with Gasteiger partial charge in [0.1, 0.15) is 10.6 Å². The third kappa shape index (κ3) is 3.80. The van der Waals surface area contributed by atoms with E-state index in [4.69, 9.17) is 10.00 Å². The van der Waals surface area contributed by atoms with E-state index in [1.165, 1.54) is 18.2 Å². The maximum absolute atomic E-state index is 12.1. The highest BCUT2D eigenvalue weighted by molar-refractivity contribution is 7.09. The van der Waals surface area contributed by atoms with Gasteiger partial charge in [0.05, 0.1) is 11.0 Å². The van der Waals surface area contributed by atoms with Crippen molar-refractivity contribution >= 4 is 28.8 Å². The molecule has 24 heavy (non-hydrogen) atoms. The summed E-state index contributed by atoms with van der Waals surface area (Å²) in [6.07, 6.45) is 0. The maximum Gasteiger partial charge on any atom is 0.345 e. The number of nitro benzene ring substituents is 1. The van der Waals surface area contributed by atoms with Crippen molar-refractivity contribution in [3.05, 3.63) is 56.0 Å². The number of para-hydroxylation sites is 1. The molecule has 9 heteroatoms. The number of aryl methyl sites for hydroxylation is 1. The average molecular weight is 345 g/mol. The van der Waals surface area contributed by atoms with Crippen LogP contribution in [0, 0.1) is 28.4 Å². The largest absolute Gasteiger partial charge is 0.454 e. The van der Waals surface area contributed by atoms with Crippen molar-refractivity contribution in [2.45, 2.75) is 12.8 Å². The molecule has 8 nitrogen and oxygen atoms in total. The van der Waals surface area contributed by atoms with Crippen LogP contribution < -0.4 is 0 Å². The van der Waals surface area contributed by atoms with E-state index < -0.39 is 34.9 Å². The van der Waals surface area contributed by atoms with Crippen molar-refractivity contribution in [2.24, 2.45) is 0 Å². The van der Waals surface area contributed by atoms with Crippen LogP contribution in [0.25, 0.3) is 0 Å². The first-order valence-electron chi connectivity index (χ1n) is 6.69. The molecule has 0 radical (unpaired) electrons. The van der Waals surface area contributed by atoms with Crippen molar-refractivity contribution < 1.29 is 19.2 Å². The lowest BCUT2D eigenvalue weighted by molar-refractivity contribution is -0.385. The summed E-state index contributed by atoms with van der Waals surface area (Å²) in [6, 6.07) is 7.08. The molecule has 0 saturated carbocycles. The number of aromatic nitrogens is 1. The molecule has 1 aromatic carbocycles. The Morgan fingerprint density at radius 2 is 2.17 bits per heavy atom. The van der Waals surface area contributed by atoms with Crippen molar-refractivity contribution in [3.8, 4) is 6.07 Å². The highest BCUT2D eigenvalue weighted by Crippen LogP contribution is 2.22. The quantitative estimate of drug-likeness (QED) is 0.447. The molecule has 0 aliphatic carbocycles. The van der Waals surface area contributed by atoms with Gasteiger partial charge in [-0.2, -0.15) is 5.26 Å². The second kappa shape index (κ2) is 7.43. The van der Waals surface area contributed by atoms with Crippen LogP contribution in [0.1, 0.15) is 27.0 Å². The van der Waals surface area contributed by atoms with Gasteiger partial charge in [-0.05, 0) is 13.0 Å². The fraction of sp³-hybridized carbons (Fsp3) is 0.200. The van der Waals surface area contributed by atoms with E-state index in [9.17, 15) is 19.7 Å². The molecule has 0 saturated heterocycles. The maximum atomic E-state index is 12.1. The minimum absolute atomic E-state index is 0.256. The van der Waals surface area contributed by atoms with Gasteiger partial charge in [0.2, 0.25) is 0 Å². The Bertz CT molecular complexity index is 840. The summed E-state index contributed by atoms with van der Waals surface area (Å²) in [4.78, 5) is 38.3. The van der Waals surface area contributed by atoms with E-state index in [0.29, 0.717) is 10.7 Å². The summed E-state index contributed by atoms with van der Waals surface area (Å²) in [5.74, 6) is -2.77. The number of thiazole rings is 1. The van der Waals surface area contributed by atoms with E-state index in [1.807, 2.05) is 6.07 Å². The number of esters is 1. The molecule has 1 heterocycles. The third-order valence-electron chi connectivity index (χ3n) is 3.00. The first-order valence-corrected chi connectivity index (χ1v) is 7.57. The molecule has 0 aliphatic rings. The molecule has 1 atom stereocenters. The molecular formula is C15H11N3O5S. The number of nitrogens with zero attached hydrogens (tertiary/aromatic N) is 3. The summed E-state index contributed by atoms with van der Waals surface area (Å²) in [5.41, 5.74) is 0.0104. The van der Waals surface area contributed by atoms with Gasteiger partial charge >= 0.3 is 5.97 Å². The van der Waals surface area contributed by atoms with E-state index in [0.717, 1.165) is 17.4 Å². The standard InChI is InChI=1S/C15H11N3O5S/c1-9-8-24-14(17-9)11(6-16)13(19)7-23-15(20)10-4-2-3-5-12(10)18(21)22/h2-5,8,11H,7H2,1H3/t11-/m1/s1. The number of nitro groups is 1. The first kappa shape index (κ1) is 17.2. The lowest BCUT2D eigenvalue weighted by atomic mass is 10.1. The van der Waals surface area contributed by atoms with Crippen molar-refractivity contribution in [3.63, 3.8) is 0 Å². The van der Waals surface area contributed by atoms with E-state index >= 15 is 0 Å². The molecule has 0 aliphatic heterocycles. The van der Waals surface area contributed by atoms with Crippen LogP contribution in [-0.4, -0.2) is 28.3 Å². The zero-order chi connectivity index (χ0) is 17.7. The lowest BCUT2D eigenvalue weighted by Crippen LogP contribution is -2.20. The first-order chi connectivity index (χ1) is 11.4. The summed E-state index contributed by atoms with van der Waals surface area (Å²) in [5, 5.41) is 22.0. The predicted molar refractivity (Wildman–Crippen MR) is 83.6 cm³/mol. The van der Waals surface area contributed by atoms with E-state index in [1.54, 1.807) is 12.3 Å². The fourth-order valence-electron chi connectivity index (χ4n) is 1.87. The van der Waals surface area contributed by atoms with Crippen LogP contribution in [0.4, 0.5) is 5.69 Å². The number of hydrogen-bond acceptors (Lipinski definition) is 8. The second-order valence-corrected chi connectivity index (χ2v) is 5.60. The van der Waals surface area contributed by atoms with Crippen LogP contribution in [0.5, 0.6) is 0 Å². The van der Waals surface area contributed by atoms with Gasteiger partial charge in [0.15, 0.2) is 18.3 Å². The van der Waals surface area contributed by atoms with E-state index in [2.05, 4.69) is 4.98 Å². The molecule has 0 amide bonds. The Labute approximate surface area is 140 Å². The number of ketones is 1. The number of ether oxygens (including phenoxy) is 1. The monoisotopic (exact) mass is 345 g/mol. The molecule has 2 rings (SSSR count). The fourth-order valence-corrected chi connectivity index (χ4v) is 2.73. The predicted octanol–water partition coefficient (Wildman–Crippen LogP) is 2.39. The van der Waals surface area contributed by atoms with Gasteiger partial charge in [0, 0.05) is 17.1 Å². The molecule has 122 valence electrons. The molecule has 0 N–H and O–H groups in total. The zero-order valence-electron chi connectivity index (χ0n) is 12.5. The highest BCUT2D eigenvalue weighted by atomic mass is 32.1. The van der Waals surface area contributed by atoms with Gasteiger partial charge in [-0.1, -0.05) is 12.1 Å². The molecular weight excluding hydrogens is 334 g/mol. The van der Waals surface area contributed by atoms with Crippen LogP contribution >= 0.6 is 11.3 Å². The number of rotatable bonds is 6. The van der Waals surface area contributed by atoms with Crippen LogP contribution in [-0.2, 0) is 9.53 Å². The SMILES string of the molecule is Cc1csc([C@H](C#N)C(=O)COC(=O)c2ccccc2[N+](=O)[O-])n1. The minimum atomic E-state index is -1.14. The van der Waals surface area contributed by atoms with Gasteiger partial charge in [-0.15, -0.1) is 11.3 Å². The third-order valence-corrected chi connectivity index (χ3v) is 4.03. The van der Waals surface area contributed by atoms with Crippen LogP contribution in [0.15, 0.2) is 29.6 Å². The zero-order valence-corrected chi connectivity index (χ0v) is 13.3. The molecule has 0 spiro atoms. The van der Waals surface area contributed by atoms with Crippen LogP contribution in [0.2, 0.25) is 0 Å². The number of nitriles is 1. The van der Waals surface area contributed by atoms with Gasteiger partial charge in [0.25, 0.3) is 5.69 Å². The van der Waals surface area contributed by atoms with Gasteiger partial charge < -0.3 is 4.74 Å². The number of carbonyl (C=O) groups excluding carboxylic acids is 2. The highest BCUT2D eigenvalue weighted by Gasteiger charge is 2.26. The average Bonchev–Trinajstić information content (AvgIpc) is 2.99. The number of hydrogen-bond donors (Lipinski definition) is 0. The lowest BCUT2D eigenvalue weighted by Gasteiger charge is -2.07. The smallest absolute Gasteiger partial charge is 0.345 e.